The number of carbonyl (C=O) groups is 2. The number of nitrogens with zero attached hydrogens (tertiary/aromatic N) is 2. The Kier molecular flexibility index (Phi) is 8.11. The molecule has 35 heavy (non-hydrogen) atoms. The van der Waals surface area contributed by atoms with Crippen LogP contribution in [0.15, 0.2) is 48.5 Å². The van der Waals surface area contributed by atoms with Crippen LogP contribution in [0.3, 0.4) is 0 Å². The van der Waals surface area contributed by atoms with Crippen LogP contribution < -0.4 is 10.6 Å². The summed E-state index contributed by atoms with van der Waals surface area (Å²) in [6.45, 7) is 5.89. The molecule has 1 saturated heterocycles. The molecule has 182 valence electrons. The third kappa shape index (κ3) is 7.05. The minimum absolute atomic E-state index is 0.287. The molecule has 0 saturated carbocycles. The largest absolute Gasteiger partial charge is 0.444 e. The molecule has 8 nitrogen and oxygen atoms in total. The second-order valence-electron chi connectivity index (χ2n) is 9.57. The van der Waals surface area contributed by atoms with Crippen LogP contribution in [0.25, 0.3) is 11.1 Å². The molecule has 3 rings (SSSR count). The summed E-state index contributed by atoms with van der Waals surface area (Å²) in [7, 11) is 0. The predicted molar refractivity (Wildman–Crippen MR) is 130 cm³/mol. The highest BCUT2D eigenvalue weighted by molar-refractivity contribution is 5.90. The van der Waals surface area contributed by atoms with Crippen molar-refractivity contribution >= 4 is 12.0 Å². The van der Waals surface area contributed by atoms with E-state index in [4.69, 9.17) is 14.7 Å². The standard InChI is InChI=1S/C27H30N4O4/c1-26(2,3)35-25(33)31-27(12-14-34-15-13-27)24(32)30-23(18-29)16-19-4-8-21(9-5-19)22-10-6-20(17-28)7-11-22/h4-11,23H,12-16H2,1-3H3,(H,30,32)(H,31,33). The number of benzene rings is 2. The Morgan fingerprint density at radius 2 is 1.60 bits per heavy atom. The SMILES string of the molecule is CC(C)(C)OC(=O)NC1(C(=O)NC(C#N)Cc2ccc(-c3ccc(C#N)cc3)cc2)CCOCC1. The summed E-state index contributed by atoms with van der Waals surface area (Å²) in [5.41, 5.74) is 1.55. The van der Waals surface area contributed by atoms with Crippen LogP contribution in [0.2, 0.25) is 0 Å². The van der Waals surface area contributed by atoms with Crippen molar-refractivity contribution in [3.05, 3.63) is 59.7 Å². The van der Waals surface area contributed by atoms with Gasteiger partial charge in [-0.25, -0.2) is 4.79 Å². The molecule has 0 aromatic heterocycles. The summed E-state index contributed by atoms with van der Waals surface area (Å²) < 4.78 is 10.7. The number of amides is 2. The van der Waals surface area contributed by atoms with Crippen molar-refractivity contribution in [3.63, 3.8) is 0 Å². The lowest BCUT2D eigenvalue weighted by Crippen LogP contribution is -2.63. The quantitative estimate of drug-likeness (QED) is 0.655. The number of ether oxygens (including phenoxy) is 2. The molecule has 1 aliphatic rings. The molecule has 0 radical (unpaired) electrons. The van der Waals surface area contributed by atoms with Gasteiger partial charge in [-0.2, -0.15) is 10.5 Å². The van der Waals surface area contributed by atoms with Crippen LogP contribution in [0.5, 0.6) is 0 Å². The molecule has 2 aromatic carbocycles. The Morgan fingerprint density at radius 3 is 2.11 bits per heavy atom. The van der Waals surface area contributed by atoms with Gasteiger partial charge in [-0.15, -0.1) is 0 Å². The maximum atomic E-state index is 13.3. The fourth-order valence-corrected chi connectivity index (χ4v) is 3.86. The van der Waals surface area contributed by atoms with E-state index in [1.54, 1.807) is 32.9 Å². The summed E-state index contributed by atoms with van der Waals surface area (Å²) in [5, 5.41) is 24.2. The zero-order chi connectivity index (χ0) is 25.5. The van der Waals surface area contributed by atoms with Gasteiger partial charge in [0, 0.05) is 32.5 Å². The fourth-order valence-electron chi connectivity index (χ4n) is 3.86. The fraction of sp³-hybridized carbons (Fsp3) is 0.407. The zero-order valence-electron chi connectivity index (χ0n) is 20.3. The number of nitriles is 2. The Morgan fingerprint density at radius 1 is 1.03 bits per heavy atom. The van der Waals surface area contributed by atoms with Gasteiger partial charge >= 0.3 is 6.09 Å². The van der Waals surface area contributed by atoms with E-state index < -0.39 is 29.2 Å². The molecule has 0 aliphatic carbocycles. The molecule has 1 heterocycles. The van der Waals surface area contributed by atoms with Gasteiger partial charge in [-0.05, 0) is 49.6 Å². The van der Waals surface area contributed by atoms with Gasteiger partial charge in [-0.3, -0.25) is 4.79 Å². The first-order valence-electron chi connectivity index (χ1n) is 11.5. The minimum atomic E-state index is -1.20. The van der Waals surface area contributed by atoms with Gasteiger partial charge in [-0.1, -0.05) is 36.4 Å². The Hall–Kier alpha value is -3.88. The highest BCUT2D eigenvalue weighted by Crippen LogP contribution is 2.24. The first-order chi connectivity index (χ1) is 16.6. The van der Waals surface area contributed by atoms with E-state index >= 15 is 0 Å². The van der Waals surface area contributed by atoms with Crippen molar-refractivity contribution in [2.24, 2.45) is 0 Å². The molecule has 2 N–H and O–H groups in total. The van der Waals surface area contributed by atoms with Crippen molar-refractivity contribution in [2.45, 2.75) is 57.2 Å². The van der Waals surface area contributed by atoms with Crippen LogP contribution in [0.4, 0.5) is 4.79 Å². The smallest absolute Gasteiger partial charge is 0.408 e. The van der Waals surface area contributed by atoms with Crippen molar-refractivity contribution in [1.82, 2.24) is 10.6 Å². The summed E-state index contributed by atoms with van der Waals surface area (Å²) in [6, 6.07) is 18.5. The van der Waals surface area contributed by atoms with Crippen LogP contribution in [0.1, 0.15) is 44.7 Å². The number of rotatable bonds is 6. The highest BCUT2D eigenvalue weighted by Gasteiger charge is 2.43. The average Bonchev–Trinajstić information content (AvgIpc) is 2.83. The Balaban J connectivity index is 1.67. The molecule has 2 aromatic rings. The molecule has 2 amide bonds. The van der Waals surface area contributed by atoms with E-state index in [1.165, 1.54) is 0 Å². The maximum absolute atomic E-state index is 13.3. The summed E-state index contributed by atoms with van der Waals surface area (Å²) >= 11 is 0. The third-order valence-electron chi connectivity index (χ3n) is 5.72. The third-order valence-corrected chi connectivity index (χ3v) is 5.72. The molecule has 8 heteroatoms. The van der Waals surface area contributed by atoms with Gasteiger partial charge in [0.15, 0.2) is 0 Å². The van der Waals surface area contributed by atoms with Gasteiger partial charge < -0.3 is 20.1 Å². The highest BCUT2D eigenvalue weighted by atomic mass is 16.6. The Labute approximate surface area is 205 Å². The number of hydrogen-bond donors (Lipinski definition) is 2. The summed E-state index contributed by atoms with van der Waals surface area (Å²) in [5.74, 6) is -0.424. The lowest BCUT2D eigenvalue weighted by molar-refractivity contribution is -0.132. The van der Waals surface area contributed by atoms with Gasteiger partial charge in [0.25, 0.3) is 0 Å². The first kappa shape index (κ1) is 25.7. The first-order valence-corrected chi connectivity index (χ1v) is 11.5. The summed E-state index contributed by atoms with van der Waals surface area (Å²) in [6.07, 6.45) is 0.210. The number of nitrogens with one attached hydrogen (secondary N) is 2. The molecule has 0 spiro atoms. The normalized spacial score (nSPS) is 15.7. The van der Waals surface area contributed by atoms with Gasteiger partial charge in [0.1, 0.15) is 17.2 Å². The molecular formula is C27H30N4O4. The summed E-state index contributed by atoms with van der Waals surface area (Å²) in [4.78, 5) is 25.7. The van der Waals surface area contributed by atoms with Crippen LogP contribution in [-0.4, -0.2) is 42.4 Å². The lowest BCUT2D eigenvalue weighted by Gasteiger charge is -2.37. The predicted octanol–water partition coefficient (Wildman–Crippen LogP) is 3.85. The van der Waals surface area contributed by atoms with Crippen molar-refractivity contribution in [3.8, 4) is 23.3 Å². The topological polar surface area (TPSA) is 124 Å². The monoisotopic (exact) mass is 474 g/mol. The van der Waals surface area contributed by atoms with E-state index in [2.05, 4.69) is 22.8 Å². The molecular weight excluding hydrogens is 444 g/mol. The van der Waals surface area contributed by atoms with Crippen molar-refractivity contribution < 1.29 is 19.1 Å². The van der Waals surface area contributed by atoms with E-state index in [0.717, 1.165) is 16.7 Å². The molecule has 1 aliphatic heterocycles. The zero-order valence-corrected chi connectivity index (χ0v) is 20.3. The van der Waals surface area contributed by atoms with Crippen molar-refractivity contribution in [2.75, 3.05) is 13.2 Å². The Bertz CT molecular complexity index is 1120. The van der Waals surface area contributed by atoms with E-state index in [-0.39, 0.29) is 12.8 Å². The number of carbonyl (C=O) groups excluding carboxylic acids is 2. The van der Waals surface area contributed by atoms with Crippen LogP contribution in [0, 0.1) is 22.7 Å². The van der Waals surface area contributed by atoms with E-state index in [9.17, 15) is 14.9 Å². The minimum Gasteiger partial charge on any atom is -0.444 e. The molecule has 1 unspecified atom stereocenters. The van der Waals surface area contributed by atoms with E-state index in [0.29, 0.717) is 25.2 Å². The van der Waals surface area contributed by atoms with Crippen LogP contribution >= 0.6 is 0 Å². The molecule has 0 bridgehead atoms. The van der Waals surface area contributed by atoms with Crippen LogP contribution in [-0.2, 0) is 20.7 Å². The maximum Gasteiger partial charge on any atom is 0.408 e. The molecule has 1 fully saturated rings. The molecule has 1 atom stereocenters. The second-order valence-corrected chi connectivity index (χ2v) is 9.57. The van der Waals surface area contributed by atoms with E-state index in [1.807, 2.05) is 36.4 Å². The average molecular weight is 475 g/mol. The lowest BCUT2D eigenvalue weighted by atomic mass is 9.88. The number of alkyl carbamates (subject to hydrolysis) is 1. The second kappa shape index (κ2) is 11.0. The van der Waals surface area contributed by atoms with Gasteiger partial charge in [0.2, 0.25) is 5.91 Å². The van der Waals surface area contributed by atoms with Crippen molar-refractivity contribution in [1.29, 1.82) is 10.5 Å². The number of hydrogen-bond acceptors (Lipinski definition) is 6. The van der Waals surface area contributed by atoms with Gasteiger partial charge in [0.05, 0.1) is 17.7 Å².